The number of amides is 1. The maximum absolute atomic E-state index is 12.6. The summed E-state index contributed by atoms with van der Waals surface area (Å²) in [5.74, 6) is 1.34. The SMILES string of the molecule is COc1cc(C(=O)N/N=C/c2ccccc2OCc2ccccc2)ccc1OCc1ccccc1. The first kappa shape index (κ1) is 23.6. The van der Waals surface area contributed by atoms with E-state index in [9.17, 15) is 4.79 Å². The lowest BCUT2D eigenvalue weighted by atomic mass is 10.2. The molecule has 0 spiro atoms. The molecule has 0 aliphatic heterocycles. The predicted octanol–water partition coefficient (Wildman–Crippen LogP) is 5.62. The topological polar surface area (TPSA) is 69.2 Å². The predicted molar refractivity (Wildman–Crippen MR) is 136 cm³/mol. The minimum absolute atomic E-state index is 0.364. The zero-order valence-corrected chi connectivity index (χ0v) is 19.4. The number of rotatable bonds is 10. The van der Waals surface area contributed by atoms with Crippen molar-refractivity contribution in [3.05, 3.63) is 125 Å². The van der Waals surface area contributed by atoms with Crippen LogP contribution in [0.3, 0.4) is 0 Å². The lowest BCUT2D eigenvalue weighted by Crippen LogP contribution is -2.17. The number of hydrogen-bond acceptors (Lipinski definition) is 5. The third-order valence-corrected chi connectivity index (χ3v) is 5.19. The van der Waals surface area contributed by atoms with Crippen molar-refractivity contribution in [1.82, 2.24) is 5.43 Å². The molecule has 0 unspecified atom stereocenters. The van der Waals surface area contributed by atoms with Gasteiger partial charge in [-0.15, -0.1) is 0 Å². The highest BCUT2D eigenvalue weighted by atomic mass is 16.5. The third kappa shape index (κ3) is 6.71. The fourth-order valence-corrected chi connectivity index (χ4v) is 3.34. The lowest BCUT2D eigenvalue weighted by molar-refractivity contribution is 0.0954. The number of ether oxygens (including phenoxy) is 3. The minimum Gasteiger partial charge on any atom is -0.493 e. The van der Waals surface area contributed by atoms with Gasteiger partial charge in [0.15, 0.2) is 11.5 Å². The fourth-order valence-electron chi connectivity index (χ4n) is 3.34. The van der Waals surface area contributed by atoms with Gasteiger partial charge >= 0.3 is 0 Å². The van der Waals surface area contributed by atoms with Crippen LogP contribution in [-0.2, 0) is 13.2 Å². The second kappa shape index (κ2) is 12.0. The maximum atomic E-state index is 12.6. The van der Waals surface area contributed by atoms with Gasteiger partial charge < -0.3 is 14.2 Å². The van der Waals surface area contributed by atoms with E-state index < -0.39 is 0 Å². The van der Waals surface area contributed by atoms with Gasteiger partial charge in [-0.1, -0.05) is 72.8 Å². The molecule has 35 heavy (non-hydrogen) atoms. The molecule has 0 radical (unpaired) electrons. The van der Waals surface area contributed by atoms with Crippen molar-refractivity contribution in [1.29, 1.82) is 0 Å². The van der Waals surface area contributed by atoms with Crippen molar-refractivity contribution in [3.63, 3.8) is 0 Å². The van der Waals surface area contributed by atoms with Gasteiger partial charge in [0.2, 0.25) is 0 Å². The van der Waals surface area contributed by atoms with Crippen molar-refractivity contribution in [2.45, 2.75) is 13.2 Å². The molecule has 1 N–H and O–H groups in total. The van der Waals surface area contributed by atoms with E-state index in [2.05, 4.69) is 10.5 Å². The van der Waals surface area contributed by atoms with Gasteiger partial charge in [-0.2, -0.15) is 5.10 Å². The Labute approximate surface area is 204 Å². The fraction of sp³-hybridized carbons (Fsp3) is 0.103. The van der Waals surface area contributed by atoms with Crippen molar-refractivity contribution >= 4 is 12.1 Å². The normalized spacial score (nSPS) is 10.7. The van der Waals surface area contributed by atoms with E-state index in [1.807, 2.05) is 84.9 Å². The minimum atomic E-state index is -0.364. The van der Waals surface area contributed by atoms with Crippen LogP contribution < -0.4 is 19.6 Å². The first-order valence-corrected chi connectivity index (χ1v) is 11.2. The third-order valence-electron chi connectivity index (χ3n) is 5.19. The summed E-state index contributed by atoms with van der Waals surface area (Å²) in [4.78, 5) is 12.6. The second-order valence-electron chi connectivity index (χ2n) is 7.65. The Hall–Kier alpha value is -4.58. The lowest BCUT2D eigenvalue weighted by Gasteiger charge is -2.12. The molecule has 0 saturated heterocycles. The average Bonchev–Trinajstić information content (AvgIpc) is 2.92. The summed E-state index contributed by atoms with van der Waals surface area (Å²) in [5, 5.41) is 4.11. The van der Waals surface area contributed by atoms with Crippen molar-refractivity contribution in [2.24, 2.45) is 5.10 Å². The highest BCUT2D eigenvalue weighted by molar-refractivity contribution is 5.95. The van der Waals surface area contributed by atoms with Crippen LogP contribution >= 0.6 is 0 Å². The van der Waals surface area contributed by atoms with Gasteiger partial charge in [0.1, 0.15) is 19.0 Å². The molecule has 0 fully saturated rings. The van der Waals surface area contributed by atoms with E-state index in [0.29, 0.717) is 36.0 Å². The Balaban J connectivity index is 1.37. The molecule has 176 valence electrons. The molecule has 4 rings (SSSR count). The number of nitrogens with one attached hydrogen (secondary N) is 1. The van der Waals surface area contributed by atoms with E-state index in [1.165, 1.54) is 7.11 Å². The van der Waals surface area contributed by atoms with Crippen LogP contribution in [0.4, 0.5) is 0 Å². The summed E-state index contributed by atoms with van der Waals surface area (Å²) < 4.78 is 17.2. The van der Waals surface area contributed by atoms with Crippen LogP contribution in [0.1, 0.15) is 27.0 Å². The molecule has 0 aliphatic rings. The van der Waals surface area contributed by atoms with Crippen LogP contribution in [0.15, 0.2) is 108 Å². The highest BCUT2D eigenvalue weighted by Gasteiger charge is 2.11. The Kier molecular flexibility index (Phi) is 8.11. The molecular formula is C29H26N2O4. The quantitative estimate of drug-likeness (QED) is 0.243. The van der Waals surface area contributed by atoms with Gasteiger partial charge in [-0.05, 0) is 41.5 Å². The van der Waals surface area contributed by atoms with Crippen LogP contribution in [-0.4, -0.2) is 19.2 Å². The van der Waals surface area contributed by atoms with Crippen LogP contribution in [0.5, 0.6) is 17.2 Å². The molecule has 0 heterocycles. The number of benzene rings is 4. The van der Waals surface area contributed by atoms with Gasteiger partial charge in [-0.3, -0.25) is 4.79 Å². The summed E-state index contributed by atoms with van der Waals surface area (Å²) in [6.07, 6.45) is 1.56. The molecule has 0 aromatic heterocycles. The van der Waals surface area contributed by atoms with E-state index >= 15 is 0 Å². The van der Waals surface area contributed by atoms with Crippen LogP contribution in [0, 0.1) is 0 Å². The zero-order chi connectivity index (χ0) is 24.3. The summed E-state index contributed by atoms with van der Waals surface area (Å²) in [6, 6.07) is 32.3. The second-order valence-corrected chi connectivity index (χ2v) is 7.65. The number of methoxy groups -OCH3 is 1. The number of nitrogens with zero attached hydrogens (tertiary/aromatic N) is 1. The molecule has 0 aliphatic carbocycles. The summed E-state index contributed by atoms with van der Waals surface area (Å²) in [7, 11) is 1.54. The van der Waals surface area contributed by atoms with Crippen molar-refractivity contribution < 1.29 is 19.0 Å². The molecule has 4 aromatic carbocycles. The zero-order valence-electron chi connectivity index (χ0n) is 19.4. The monoisotopic (exact) mass is 466 g/mol. The molecule has 4 aromatic rings. The van der Waals surface area contributed by atoms with Gasteiger partial charge in [0.25, 0.3) is 5.91 Å². The van der Waals surface area contributed by atoms with Gasteiger partial charge in [0.05, 0.1) is 13.3 Å². The van der Waals surface area contributed by atoms with Crippen LogP contribution in [0.2, 0.25) is 0 Å². The Morgan fingerprint density at radius 1 is 0.743 bits per heavy atom. The van der Waals surface area contributed by atoms with E-state index in [-0.39, 0.29) is 5.91 Å². The Morgan fingerprint density at radius 2 is 1.34 bits per heavy atom. The molecule has 6 nitrogen and oxygen atoms in total. The molecule has 1 amide bonds. The molecule has 0 bridgehead atoms. The van der Waals surface area contributed by atoms with E-state index in [1.54, 1.807) is 24.4 Å². The summed E-state index contributed by atoms with van der Waals surface area (Å²) >= 11 is 0. The standard InChI is InChI=1S/C29H26N2O4/c1-33-28-18-24(16-17-27(28)35-21-23-12-6-3-7-13-23)29(32)31-30-19-25-14-8-9-15-26(25)34-20-22-10-4-2-5-11-22/h2-19H,20-21H2,1H3,(H,31,32)/b30-19+. The number of para-hydroxylation sites is 1. The molecule has 0 atom stereocenters. The first-order chi connectivity index (χ1) is 17.2. The first-order valence-electron chi connectivity index (χ1n) is 11.2. The largest absolute Gasteiger partial charge is 0.493 e. The summed E-state index contributed by atoms with van der Waals surface area (Å²) in [6.45, 7) is 0.843. The Morgan fingerprint density at radius 3 is 2.00 bits per heavy atom. The Bertz CT molecular complexity index is 1270. The highest BCUT2D eigenvalue weighted by Crippen LogP contribution is 2.29. The number of hydrogen-bond donors (Lipinski definition) is 1. The number of carbonyl (C=O) groups is 1. The molecule has 0 saturated carbocycles. The van der Waals surface area contributed by atoms with Gasteiger partial charge in [0, 0.05) is 11.1 Å². The maximum Gasteiger partial charge on any atom is 0.271 e. The van der Waals surface area contributed by atoms with Crippen molar-refractivity contribution in [2.75, 3.05) is 7.11 Å². The smallest absolute Gasteiger partial charge is 0.271 e. The number of carbonyl (C=O) groups excluding carboxylic acids is 1. The van der Waals surface area contributed by atoms with E-state index in [0.717, 1.165) is 16.7 Å². The van der Waals surface area contributed by atoms with Crippen molar-refractivity contribution in [3.8, 4) is 17.2 Å². The van der Waals surface area contributed by atoms with Gasteiger partial charge in [-0.25, -0.2) is 5.43 Å². The van der Waals surface area contributed by atoms with Crippen LogP contribution in [0.25, 0.3) is 0 Å². The molecular weight excluding hydrogens is 440 g/mol. The average molecular weight is 467 g/mol. The van der Waals surface area contributed by atoms with E-state index in [4.69, 9.17) is 14.2 Å². The molecule has 6 heteroatoms. The number of hydrazone groups is 1. The summed E-state index contributed by atoms with van der Waals surface area (Å²) in [5.41, 5.74) is 5.82.